The number of rotatable bonds is 8. The first-order valence-corrected chi connectivity index (χ1v) is 9.58. The molecule has 4 atom stereocenters. The van der Waals surface area contributed by atoms with E-state index >= 15 is 0 Å². The molecule has 1 aliphatic carbocycles. The van der Waals surface area contributed by atoms with Gasteiger partial charge in [0.25, 0.3) is 0 Å². The lowest BCUT2D eigenvalue weighted by Crippen LogP contribution is -2.45. The molecule has 0 aromatic carbocycles. The highest BCUT2D eigenvalue weighted by Crippen LogP contribution is 2.41. The maximum atomic E-state index is 13.2. The Labute approximate surface area is 161 Å². The molecule has 0 amide bonds. The summed E-state index contributed by atoms with van der Waals surface area (Å²) in [6.07, 6.45) is 4.88. The molecule has 1 rings (SSSR count). The van der Waals surface area contributed by atoms with Crippen molar-refractivity contribution in [2.24, 2.45) is 11.8 Å². The van der Waals surface area contributed by atoms with E-state index in [0.29, 0.717) is 0 Å². The number of aliphatic hydroxyl groups is 2. The number of alkyl halides is 3. The number of allylic oxidation sites excluding steroid dienone is 6. The molecule has 0 aromatic heterocycles. The van der Waals surface area contributed by atoms with Crippen LogP contribution in [0.2, 0.25) is 0 Å². The monoisotopic (exact) mass is 386 g/mol. The van der Waals surface area contributed by atoms with Crippen molar-refractivity contribution in [3.8, 4) is 0 Å². The topological polar surface area (TPSA) is 40.5 Å². The summed E-state index contributed by atoms with van der Waals surface area (Å²) in [5.74, 6) is -2.99. The van der Waals surface area contributed by atoms with Crippen LogP contribution in [0.15, 0.2) is 47.1 Å². The van der Waals surface area contributed by atoms with Crippen LogP contribution in [0, 0.1) is 11.8 Å². The summed E-state index contributed by atoms with van der Waals surface area (Å²) in [5, 5.41) is 19.7. The Kier molecular flexibility index (Phi) is 9.54. The summed E-state index contributed by atoms with van der Waals surface area (Å²) in [6, 6.07) is 0. The predicted octanol–water partition coefficient (Wildman–Crippen LogP) is 5.88. The van der Waals surface area contributed by atoms with Crippen molar-refractivity contribution in [2.75, 3.05) is 0 Å². The van der Waals surface area contributed by atoms with E-state index in [1.807, 2.05) is 6.92 Å². The van der Waals surface area contributed by atoms with Crippen LogP contribution in [0.25, 0.3) is 0 Å². The van der Waals surface area contributed by atoms with E-state index in [4.69, 9.17) is 0 Å². The predicted molar refractivity (Wildman–Crippen MR) is 104 cm³/mol. The molecule has 5 heteroatoms. The molecule has 2 nitrogen and oxygen atoms in total. The molecule has 2 N–H and O–H groups in total. The third-order valence-electron chi connectivity index (χ3n) is 5.01. The zero-order valence-electron chi connectivity index (χ0n) is 16.8. The summed E-state index contributed by atoms with van der Waals surface area (Å²) >= 11 is 0. The molecule has 0 fully saturated rings. The highest BCUT2D eigenvalue weighted by molar-refractivity contribution is 5.11. The van der Waals surface area contributed by atoms with Crippen molar-refractivity contribution >= 4 is 0 Å². The van der Waals surface area contributed by atoms with E-state index in [0.717, 1.165) is 37.3 Å². The minimum atomic E-state index is -4.54. The molecule has 0 saturated heterocycles. The van der Waals surface area contributed by atoms with Crippen molar-refractivity contribution in [3.05, 3.63) is 47.1 Å². The largest absolute Gasteiger partial charge is 0.394 e. The normalized spacial score (nSPS) is 27.0. The Morgan fingerprint density at radius 1 is 0.852 bits per heavy atom. The van der Waals surface area contributed by atoms with E-state index in [2.05, 4.69) is 32.9 Å². The van der Waals surface area contributed by atoms with E-state index in [1.54, 1.807) is 6.08 Å². The Bertz CT molecular complexity index is 581. The van der Waals surface area contributed by atoms with Crippen molar-refractivity contribution in [3.63, 3.8) is 0 Å². The maximum absolute atomic E-state index is 13.2. The lowest BCUT2D eigenvalue weighted by Gasteiger charge is -2.36. The van der Waals surface area contributed by atoms with Crippen LogP contribution < -0.4 is 0 Å². The second kappa shape index (κ2) is 10.9. The van der Waals surface area contributed by atoms with Crippen LogP contribution in [-0.2, 0) is 0 Å². The van der Waals surface area contributed by atoms with Crippen LogP contribution in [0.5, 0.6) is 0 Å². The molecule has 1 aliphatic rings. The Morgan fingerprint density at radius 2 is 1.37 bits per heavy atom. The fourth-order valence-corrected chi connectivity index (χ4v) is 3.35. The van der Waals surface area contributed by atoms with Gasteiger partial charge in [-0.3, -0.25) is 0 Å². The lowest BCUT2D eigenvalue weighted by atomic mass is 9.76. The molecule has 0 saturated carbocycles. The molecule has 0 bridgehead atoms. The number of hydrogen-bond donors (Lipinski definition) is 2. The average Bonchev–Trinajstić information content (AvgIpc) is 2.54. The fourth-order valence-electron chi connectivity index (χ4n) is 3.35. The van der Waals surface area contributed by atoms with Gasteiger partial charge >= 0.3 is 6.18 Å². The smallest absolute Gasteiger partial charge is 0.389 e. The number of halogens is 3. The van der Waals surface area contributed by atoms with Crippen molar-refractivity contribution in [1.29, 1.82) is 0 Å². The van der Waals surface area contributed by atoms with Crippen LogP contribution >= 0.6 is 0 Å². The van der Waals surface area contributed by atoms with Crippen molar-refractivity contribution in [1.82, 2.24) is 0 Å². The van der Waals surface area contributed by atoms with E-state index < -0.39 is 30.2 Å². The number of aliphatic hydroxyl groups excluding tert-OH is 2. The minimum Gasteiger partial charge on any atom is -0.389 e. The van der Waals surface area contributed by atoms with Gasteiger partial charge in [0.05, 0.1) is 18.1 Å². The zero-order valence-corrected chi connectivity index (χ0v) is 16.8. The maximum Gasteiger partial charge on any atom is 0.394 e. The minimum absolute atomic E-state index is 0.0991. The summed E-state index contributed by atoms with van der Waals surface area (Å²) < 4.78 is 39.7. The first-order valence-electron chi connectivity index (χ1n) is 9.58. The van der Waals surface area contributed by atoms with Gasteiger partial charge in [0.15, 0.2) is 0 Å². The second-order valence-electron chi connectivity index (χ2n) is 7.79. The van der Waals surface area contributed by atoms with Gasteiger partial charge in [0.2, 0.25) is 0 Å². The molecular weight excluding hydrogens is 353 g/mol. The molecule has 0 aromatic rings. The molecule has 0 spiro atoms. The van der Waals surface area contributed by atoms with Crippen molar-refractivity contribution < 1.29 is 23.4 Å². The SMILES string of the molecule is CC(C)=CCC/C(C)=C/CC/C(C)=C/CC1C(O)C=CC(O)C1C(F)(F)F. The van der Waals surface area contributed by atoms with Gasteiger partial charge in [-0.1, -0.05) is 47.1 Å². The second-order valence-corrected chi connectivity index (χ2v) is 7.79. The molecule has 27 heavy (non-hydrogen) atoms. The van der Waals surface area contributed by atoms with Gasteiger partial charge < -0.3 is 10.2 Å². The quantitative estimate of drug-likeness (QED) is 0.511. The molecule has 0 aliphatic heterocycles. The van der Waals surface area contributed by atoms with Gasteiger partial charge in [0.1, 0.15) is 0 Å². The molecule has 0 radical (unpaired) electrons. The fraction of sp³-hybridized carbons (Fsp3) is 0.636. The molecule has 4 unspecified atom stereocenters. The zero-order chi connectivity index (χ0) is 20.6. The third-order valence-corrected chi connectivity index (χ3v) is 5.01. The van der Waals surface area contributed by atoms with Gasteiger partial charge in [-0.25, -0.2) is 0 Å². The Balaban J connectivity index is 2.59. The van der Waals surface area contributed by atoms with Crippen LogP contribution in [0.1, 0.15) is 59.8 Å². The van der Waals surface area contributed by atoms with Gasteiger partial charge in [-0.2, -0.15) is 13.2 Å². The molecular formula is C22H33F3O2. The first-order chi connectivity index (χ1) is 12.5. The highest BCUT2D eigenvalue weighted by Gasteiger charge is 2.51. The molecule has 0 heterocycles. The van der Waals surface area contributed by atoms with Gasteiger partial charge in [-0.15, -0.1) is 0 Å². The van der Waals surface area contributed by atoms with Crippen LogP contribution in [-0.4, -0.2) is 28.6 Å². The van der Waals surface area contributed by atoms with Crippen molar-refractivity contribution in [2.45, 2.75) is 78.2 Å². The standard InChI is InChI=1S/C22H33F3O2/c1-15(2)7-5-8-16(3)9-6-10-17(4)11-12-18-19(26)13-14-20(27)21(18)22(23,24)25/h7,9,11,13-14,18-21,26-27H,5-6,8,10,12H2,1-4H3/b16-9+,17-11+. The summed E-state index contributed by atoms with van der Waals surface area (Å²) in [7, 11) is 0. The van der Waals surface area contributed by atoms with E-state index in [-0.39, 0.29) is 6.42 Å². The number of hydrogen-bond acceptors (Lipinski definition) is 2. The third kappa shape index (κ3) is 8.48. The van der Waals surface area contributed by atoms with Gasteiger partial charge in [0, 0.05) is 5.92 Å². The first kappa shape index (κ1) is 23.7. The molecule has 154 valence electrons. The summed E-state index contributed by atoms with van der Waals surface area (Å²) in [4.78, 5) is 0. The lowest BCUT2D eigenvalue weighted by molar-refractivity contribution is -0.218. The summed E-state index contributed by atoms with van der Waals surface area (Å²) in [6.45, 7) is 8.15. The highest BCUT2D eigenvalue weighted by atomic mass is 19.4. The Hall–Kier alpha value is -1.33. The summed E-state index contributed by atoms with van der Waals surface area (Å²) in [5.41, 5.74) is 3.62. The van der Waals surface area contributed by atoms with Gasteiger partial charge in [-0.05, 0) is 59.8 Å². The van der Waals surface area contributed by atoms with Crippen LogP contribution in [0.4, 0.5) is 13.2 Å². The Morgan fingerprint density at radius 3 is 1.93 bits per heavy atom. The van der Waals surface area contributed by atoms with Crippen LogP contribution in [0.3, 0.4) is 0 Å². The van der Waals surface area contributed by atoms with E-state index in [1.165, 1.54) is 17.2 Å². The average molecular weight is 386 g/mol. The van der Waals surface area contributed by atoms with E-state index in [9.17, 15) is 23.4 Å².